The highest BCUT2D eigenvalue weighted by atomic mass is 35.5. The summed E-state index contributed by atoms with van der Waals surface area (Å²) in [4.78, 5) is 19.7. The molecule has 0 spiro atoms. The fourth-order valence-electron chi connectivity index (χ4n) is 2.68. The molecule has 1 saturated carbocycles. The third-order valence-corrected chi connectivity index (χ3v) is 3.66. The SMILES string of the molecule is O=C(NC1CC2CNC1C2)c1ncc(Cl)cn1. The molecule has 1 aromatic rings. The molecule has 3 rings (SSSR count). The molecule has 2 heterocycles. The molecule has 0 aromatic carbocycles. The summed E-state index contributed by atoms with van der Waals surface area (Å²) in [6, 6.07) is 0.622. The predicted octanol–water partition coefficient (Wildman–Crippen LogP) is 0.610. The molecular weight excluding hydrogens is 240 g/mol. The number of carbonyl (C=O) groups is 1. The Morgan fingerprint density at radius 1 is 1.41 bits per heavy atom. The summed E-state index contributed by atoms with van der Waals surface area (Å²) in [5, 5.41) is 6.81. The van der Waals surface area contributed by atoms with Gasteiger partial charge in [0.25, 0.3) is 5.91 Å². The van der Waals surface area contributed by atoms with Crippen LogP contribution in [0.2, 0.25) is 5.02 Å². The summed E-state index contributed by atoms with van der Waals surface area (Å²) in [6.07, 6.45) is 5.08. The zero-order valence-electron chi connectivity index (χ0n) is 9.19. The number of fused-ring (bicyclic) bond motifs is 2. The highest BCUT2D eigenvalue weighted by molar-refractivity contribution is 6.30. The molecule has 1 amide bonds. The molecule has 2 N–H and O–H groups in total. The Kier molecular flexibility index (Phi) is 2.72. The predicted molar refractivity (Wildman–Crippen MR) is 62.8 cm³/mol. The average molecular weight is 253 g/mol. The minimum absolute atomic E-state index is 0.178. The first kappa shape index (κ1) is 10.9. The van der Waals surface area contributed by atoms with Crippen LogP contribution in [0.3, 0.4) is 0 Å². The maximum atomic E-state index is 11.9. The van der Waals surface area contributed by atoms with Gasteiger partial charge in [-0.05, 0) is 25.3 Å². The third kappa shape index (κ3) is 2.12. The van der Waals surface area contributed by atoms with Gasteiger partial charge in [-0.2, -0.15) is 0 Å². The van der Waals surface area contributed by atoms with E-state index in [0.717, 1.165) is 19.4 Å². The summed E-state index contributed by atoms with van der Waals surface area (Å²) >= 11 is 5.67. The lowest BCUT2D eigenvalue weighted by Crippen LogP contribution is -2.48. The Labute approximate surface area is 104 Å². The van der Waals surface area contributed by atoms with Gasteiger partial charge in [0, 0.05) is 24.5 Å². The molecule has 3 unspecified atom stereocenters. The number of nitrogens with one attached hydrogen (secondary N) is 2. The van der Waals surface area contributed by atoms with Gasteiger partial charge < -0.3 is 10.6 Å². The van der Waals surface area contributed by atoms with Gasteiger partial charge in [-0.3, -0.25) is 4.79 Å². The molecule has 1 aliphatic heterocycles. The second-order valence-electron chi connectivity index (χ2n) is 4.66. The largest absolute Gasteiger partial charge is 0.345 e. The molecule has 1 aliphatic carbocycles. The second kappa shape index (κ2) is 4.23. The van der Waals surface area contributed by atoms with Crippen molar-refractivity contribution in [3.63, 3.8) is 0 Å². The summed E-state index contributed by atoms with van der Waals surface area (Å²) in [6.45, 7) is 1.08. The molecule has 0 radical (unpaired) electrons. The van der Waals surface area contributed by atoms with Crippen molar-refractivity contribution < 1.29 is 4.79 Å². The molecular formula is C11H13ClN4O. The Bertz CT molecular complexity index is 436. The monoisotopic (exact) mass is 252 g/mol. The zero-order valence-corrected chi connectivity index (χ0v) is 9.94. The average Bonchev–Trinajstić information content (AvgIpc) is 2.91. The first-order chi connectivity index (χ1) is 8.22. The van der Waals surface area contributed by atoms with Gasteiger partial charge in [0.15, 0.2) is 0 Å². The first-order valence-corrected chi connectivity index (χ1v) is 6.12. The quantitative estimate of drug-likeness (QED) is 0.809. The lowest BCUT2D eigenvalue weighted by molar-refractivity contribution is 0.0918. The maximum absolute atomic E-state index is 11.9. The standard InChI is InChI=1S/C11H13ClN4O/c12-7-4-14-10(15-5-7)11(17)16-9-2-6-1-8(9)13-3-6/h4-6,8-9,13H,1-3H2,(H,16,17). The smallest absolute Gasteiger partial charge is 0.289 e. The van der Waals surface area contributed by atoms with Crippen molar-refractivity contribution >= 4 is 17.5 Å². The number of piperidine rings is 1. The fourth-order valence-corrected chi connectivity index (χ4v) is 2.77. The van der Waals surface area contributed by atoms with Gasteiger partial charge in [0.2, 0.25) is 5.82 Å². The van der Waals surface area contributed by atoms with Crippen molar-refractivity contribution in [1.82, 2.24) is 20.6 Å². The van der Waals surface area contributed by atoms with Gasteiger partial charge in [0.1, 0.15) is 0 Å². The third-order valence-electron chi connectivity index (χ3n) is 3.47. The summed E-state index contributed by atoms with van der Waals surface area (Å²) < 4.78 is 0. The Hall–Kier alpha value is -1.20. The first-order valence-electron chi connectivity index (χ1n) is 5.74. The van der Waals surface area contributed by atoms with Crippen molar-refractivity contribution in [2.75, 3.05) is 6.54 Å². The van der Waals surface area contributed by atoms with Crippen LogP contribution in [-0.2, 0) is 0 Å². The number of hydrogen-bond donors (Lipinski definition) is 2. The lowest BCUT2D eigenvalue weighted by Gasteiger charge is -2.23. The number of aromatic nitrogens is 2. The van der Waals surface area contributed by atoms with Crippen molar-refractivity contribution in [1.29, 1.82) is 0 Å². The number of hydrogen-bond acceptors (Lipinski definition) is 4. The minimum atomic E-state index is -0.221. The number of halogens is 1. The van der Waals surface area contributed by atoms with E-state index in [0.29, 0.717) is 17.0 Å². The normalized spacial score (nSPS) is 30.5. The van der Waals surface area contributed by atoms with Crippen LogP contribution in [0.1, 0.15) is 23.5 Å². The van der Waals surface area contributed by atoms with E-state index in [1.165, 1.54) is 12.4 Å². The van der Waals surface area contributed by atoms with Crippen molar-refractivity contribution in [2.24, 2.45) is 5.92 Å². The van der Waals surface area contributed by atoms with Gasteiger partial charge >= 0.3 is 0 Å². The molecule has 1 aromatic heterocycles. The van der Waals surface area contributed by atoms with Crippen LogP contribution in [0.4, 0.5) is 0 Å². The van der Waals surface area contributed by atoms with Gasteiger partial charge in [-0.1, -0.05) is 11.6 Å². The summed E-state index contributed by atoms with van der Waals surface area (Å²) in [7, 11) is 0. The molecule has 3 atom stereocenters. The summed E-state index contributed by atoms with van der Waals surface area (Å²) in [5.74, 6) is 0.662. The zero-order chi connectivity index (χ0) is 11.8. The van der Waals surface area contributed by atoms with Crippen LogP contribution < -0.4 is 10.6 Å². The van der Waals surface area contributed by atoms with Crippen molar-refractivity contribution in [2.45, 2.75) is 24.9 Å². The Balaban J connectivity index is 1.65. The van der Waals surface area contributed by atoms with Crippen LogP contribution in [0.5, 0.6) is 0 Å². The van der Waals surface area contributed by atoms with E-state index in [9.17, 15) is 4.79 Å². The molecule has 5 nitrogen and oxygen atoms in total. The highest BCUT2D eigenvalue weighted by Gasteiger charge is 2.40. The lowest BCUT2D eigenvalue weighted by atomic mass is 10.1. The highest BCUT2D eigenvalue weighted by Crippen LogP contribution is 2.31. The fraction of sp³-hybridized carbons (Fsp3) is 0.545. The van der Waals surface area contributed by atoms with Gasteiger partial charge in [0.05, 0.1) is 5.02 Å². The second-order valence-corrected chi connectivity index (χ2v) is 5.09. The Morgan fingerprint density at radius 3 is 2.76 bits per heavy atom. The van der Waals surface area contributed by atoms with Crippen LogP contribution in [0.15, 0.2) is 12.4 Å². The van der Waals surface area contributed by atoms with E-state index < -0.39 is 0 Å². The van der Waals surface area contributed by atoms with Crippen LogP contribution in [-0.4, -0.2) is 34.5 Å². The molecule has 2 bridgehead atoms. The van der Waals surface area contributed by atoms with E-state index in [1.54, 1.807) is 0 Å². The van der Waals surface area contributed by atoms with E-state index >= 15 is 0 Å². The molecule has 2 aliphatic rings. The number of carbonyl (C=O) groups excluding carboxylic acids is 1. The maximum Gasteiger partial charge on any atom is 0.289 e. The minimum Gasteiger partial charge on any atom is -0.345 e. The number of rotatable bonds is 2. The molecule has 90 valence electrons. The molecule has 2 fully saturated rings. The number of nitrogens with zero attached hydrogens (tertiary/aromatic N) is 2. The van der Waals surface area contributed by atoms with E-state index in [-0.39, 0.29) is 17.8 Å². The summed E-state index contributed by atoms with van der Waals surface area (Å²) in [5.41, 5.74) is 0. The molecule has 6 heteroatoms. The van der Waals surface area contributed by atoms with Crippen LogP contribution in [0, 0.1) is 5.92 Å². The van der Waals surface area contributed by atoms with E-state index in [1.807, 2.05) is 0 Å². The number of amides is 1. The Morgan fingerprint density at radius 2 is 2.18 bits per heavy atom. The molecule has 17 heavy (non-hydrogen) atoms. The van der Waals surface area contributed by atoms with Crippen molar-refractivity contribution in [3.8, 4) is 0 Å². The van der Waals surface area contributed by atoms with E-state index in [2.05, 4.69) is 20.6 Å². The van der Waals surface area contributed by atoms with Gasteiger partial charge in [-0.25, -0.2) is 9.97 Å². The molecule has 1 saturated heterocycles. The van der Waals surface area contributed by atoms with Crippen LogP contribution >= 0.6 is 11.6 Å². The van der Waals surface area contributed by atoms with E-state index in [4.69, 9.17) is 11.6 Å². The van der Waals surface area contributed by atoms with Crippen molar-refractivity contribution in [3.05, 3.63) is 23.2 Å². The van der Waals surface area contributed by atoms with Gasteiger partial charge in [-0.15, -0.1) is 0 Å². The van der Waals surface area contributed by atoms with Crippen LogP contribution in [0.25, 0.3) is 0 Å². The topological polar surface area (TPSA) is 66.9 Å².